The lowest BCUT2D eigenvalue weighted by Gasteiger charge is -2.27. The van der Waals surface area contributed by atoms with Crippen molar-refractivity contribution in [2.45, 2.75) is 38.1 Å². The number of carbonyl (C=O) groups is 3. The van der Waals surface area contributed by atoms with E-state index in [9.17, 15) is 14.4 Å². The molecule has 1 N–H and O–H groups in total. The molecule has 1 fully saturated rings. The van der Waals surface area contributed by atoms with Gasteiger partial charge < -0.3 is 15.0 Å². The highest BCUT2D eigenvalue weighted by Gasteiger charge is 2.32. The third kappa shape index (κ3) is 3.60. The Kier molecular flexibility index (Phi) is 4.70. The summed E-state index contributed by atoms with van der Waals surface area (Å²) in [6.45, 7) is 1.46. The van der Waals surface area contributed by atoms with E-state index in [1.807, 2.05) is 24.4 Å². The van der Waals surface area contributed by atoms with E-state index in [0.29, 0.717) is 22.2 Å². The lowest BCUT2D eigenvalue weighted by atomic mass is 10.1. The smallest absolute Gasteiger partial charge is 0.349 e. The van der Waals surface area contributed by atoms with Crippen molar-refractivity contribution in [3.63, 3.8) is 0 Å². The molecule has 7 heteroatoms. The minimum Gasteiger partial charge on any atom is -0.451 e. The molecular weight excluding hydrogens is 364 g/mol. The van der Waals surface area contributed by atoms with Gasteiger partial charge in [-0.2, -0.15) is 0 Å². The molecular formula is C20H20N2O4S. The van der Waals surface area contributed by atoms with Gasteiger partial charge in [0.25, 0.3) is 5.91 Å². The molecule has 1 aliphatic heterocycles. The Balaban J connectivity index is 1.49. The first kappa shape index (κ1) is 17.7. The summed E-state index contributed by atoms with van der Waals surface area (Å²) >= 11 is 1.35. The number of para-hydroxylation sites is 2. The molecule has 1 saturated carbocycles. The molecule has 0 spiro atoms. The average Bonchev–Trinajstić information content (AvgIpc) is 3.39. The summed E-state index contributed by atoms with van der Waals surface area (Å²) in [5.74, 6) is -0.492. The van der Waals surface area contributed by atoms with Crippen LogP contribution in [0.4, 0.5) is 11.4 Å². The summed E-state index contributed by atoms with van der Waals surface area (Å²) < 4.78 is 5.33. The molecule has 140 valence electrons. The van der Waals surface area contributed by atoms with Crippen LogP contribution in [0, 0.1) is 0 Å². The predicted molar refractivity (Wildman–Crippen MR) is 103 cm³/mol. The number of esters is 1. The lowest BCUT2D eigenvalue weighted by Crippen LogP contribution is -2.41. The molecule has 4 rings (SSSR count). The predicted octanol–water partition coefficient (Wildman–Crippen LogP) is 3.55. The highest BCUT2D eigenvalue weighted by molar-refractivity contribution is 7.12. The van der Waals surface area contributed by atoms with Gasteiger partial charge in [0.2, 0.25) is 5.91 Å². The number of nitrogens with one attached hydrogen (secondary N) is 1. The molecule has 0 bridgehead atoms. The zero-order valence-electron chi connectivity index (χ0n) is 14.9. The van der Waals surface area contributed by atoms with Crippen molar-refractivity contribution in [2.24, 2.45) is 0 Å². The van der Waals surface area contributed by atoms with Crippen LogP contribution in [-0.4, -0.2) is 30.4 Å². The summed E-state index contributed by atoms with van der Waals surface area (Å²) in [4.78, 5) is 39.4. The number of fused-ring (bicyclic) bond motifs is 1. The third-order valence-corrected chi connectivity index (χ3v) is 5.76. The van der Waals surface area contributed by atoms with Crippen LogP contribution in [0.3, 0.4) is 0 Å². The highest BCUT2D eigenvalue weighted by Crippen LogP contribution is 2.43. The van der Waals surface area contributed by atoms with Crippen LogP contribution in [-0.2, 0) is 14.3 Å². The van der Waals surface area contributed by atoms with Gasteiger partial charge in [0.15, 0.2) is 6.61 Å². The number of anilines is 2. The van der Waals surface area contributed by atoms with Gasteiger partial charge in [-0.05, 0) is 54.8 Å². The highest BCUT2D eigenvalue weighted by atomic mass is 32.1. The number of nitrogens with zero attached hydrogens (tertiary/aromatic N) is 1. The van der Waals surface area contributed by atoms with E-state index in [1.54, 1.807) is 18.2 Å². The second-order valence-electron chi connectivity index (χ2n) is 6.94. The quantitative estimate of drug-likeness (QED) is 0.818. The average molecular weight is 384 g/mol. The van der Waals surface area contributed by atoms with Gasteiger partial charge >= 0.3 is 5.97 Å². The molecule has 0 radical (unpaired) electrons. The fourth-order valence-electron chi connectivity index (χ4n) is 3.43. The van der Waals surface area contributed by atoms with Crippen LogP contribution in [0.15, 0.2) is 35.7 Å². The SMILES string of the molecule is CC1CC(=O)Nc2ccccc2N1C(=O)COC(=O)c1sccc1C1CC1. The van der Waals surface area contributed by atoms with Gasteiger partial charge in [-0.1, -0.05) is 12.1 Å². The fourth-order valence-corrected chi connectivity index (χ4v) is 4.31. The van der Waals surface area contributed by atoms with E-state index in [4.69, 9.17) is 4.74 Å². The number of benzene rings is 1. The summed E-state index contributed by atoms with van der Waals surface area (Å²) in [5.41, 5.74) is 2.23. The minimum atomic E-state index is -0.454. The van der Waals surface area contributed by atoms with Gasteiger partial charge in [0.1, 0.15) is 4.88 Å². The van der Waals surface area contributed by atoms with Crippen LogP contribution in [0.2, 0.25) is 0 Å². The molecule has 0 saturated heterocycles. The van der Waals surface area contributed by atoms with Crippen LogP contribution < -0.4 is 10.2 Å². The Bertz CT molecular complexity index is 903. The standard InChI is InChI=1S/C20H20N2O4S/c1-12-10-17(23)21-15-4-2-3-5-16(15)22(12)18(24)11-26-20(25)19-14(8-9-27-19)13-6-7-13/h2-5,8-9,12-13H,6-7,10-11H2,1H3,(H,21,23). The number of hydrogen-bond acceptors (Lipinski definition) is 5. The maximum atomic E-state index is 12.8. The second-order valence-corrected chi connectivity index (χ2v) is 7.85. The summed E-state index contributed by atoms with van der Waals surface area (Å²) in [7, 11) is 0. The van der Waals surface area contributed by atoms with E-state index >= 15 is 0 Å². The molecule has 1 atom stereocenters. The van der Waals surface area contributed by atoms with Gasteiger partial charge in [-0.3, -0.25) is 9.59 Å². The molecule has 2 aliphatic rings. The monoisotopic (exact) mass is 384 g/mol. The number of ether oxygens (including phenoxy) is 1. The number of hydrogen-bond donors (Lipinski definition) is 1. The topological polar surface area (TPSA) is 75.7 Å². The summed E-state index contributed by atoms with van der Waals surface area (Å²) in [5, 5.41) is 4.70. The van der Waals surface area contributed by atoms with E-state index in [2.05, 4.69) is 5.32 Å². The largest absolute Gasteiger partial charge is 0.451 e. The number of rotatable bonds is 4. The zero-order chi connectivity index (χ0) is 19.0. The number of carbonyl (C=O) groups excluding carboxylic acids is 3. The molecule has 27 heavy (non-hydrogen) atoms. The van der Waals surface area contributed by atoms with Gasteiger partial charge in [-0.25, -0.2) is 4.79 Å². The van der Waals surface area contributed by atoms with Crippen LogP contribution in [0.1, 0.15) is 47.3 Å². The van der Waals surface area contributed by atoms with Crippen molar-refractivity contribution < 1.29 is 19.1 Å². The second kappa shape index (κ2) is 7.15. The zero-order valence-corrected chi connectivity index (χ0v) is 15.8. The lowest BCUT2D eigenvalue weighted by molar-refractivity contribution is -0.122. The first-order valence-corrected chi connectivity index (χ1v) is 9.88. The Morgan fingerprint density at radius 3 is 2.81 bits per heavy atom. The van der Waals surface area contributed by atoms with Crippen molar-refractivity contribution in [1.82, 2.24) is 0 Å². The molecule has 1 aromatic carbocycles. The van der Waals surface area contributed by atoms with Crippen molar-refractivity contribution in [1.29, 1.82) is 0 Å². The van der Waals surface area contributed by atoms with Crippen LogP contribution in [0.5, 0.6) is 0 Å². The van der Waals surface area contributed by atoms with Crippen molar-refractivity contribution in [2.75, 3.05) is 16.8 Å². The summed E-state index contributed by atoms with van der Waals surface area (Å²) in [6.07, 6.45) is 2.38. The maximum absolute atomic E-state index is 12.8. The molecule has 1 aliphatic carbocycles. The maximum Gasteiger partial charge on any atom is 0.349 e. The van der Waals surface area contributed by atoms with E-state index < -0.39 is 5.97 Å². The first-order chi connectivity index (χ1) is 13.0. The van der Waals surface area contributed by atoms with Crippen molar-refractivity contribution >= 4 is 40.5 Å². The summed E-state index contributed by atoms with van der Waals surface area (Å²) in [6, 6.07) is 8.78. The molecule has 1 aromatic heterocycles. The molecule has 2 amide bonds. The number of amides is 2. The van der Waals surface area contributed by atoms with Crippen molar-refractivity contribution in [3.8, 4) is 0 Å². The van der Waals surface area contributed by atoms with Gasteiger partial charge in [0.05, 0.1) is 11.4 Å². The van der Waals surface area contributed by atoms with E-state index in [-0.39, 0.29) is 30.9 Å². The molecule has 6 nitrogen and oxygen atoms in total. The third-order valence-electron chi connectivity index (χ3n) is 4.85. The first-order valence-electron chi connectivity index (χ1n) is 9.00. The minimum absolute atomic E-state index is 0.144. The Labute approximate surface area is 161 Å². The van der Waals surface area contributed by atoms with Crippen molar-refractivity contribution in [3.05, 3.63) is 46.2 Å². The number of thiophene rings is 1. The van der Waals surface area contributed by atoms with Gasteiger partial charge in [0, 0.05) is 12.5 Å². The van der Waals surface area contributed by atoms with E-state index in [0.717, 1.165) is 18.4 Å². The Hall–Kier alpha value is -2.67. The normalized spacial score (nSPS) is 19.1. The Morgan fingerprint density at radius 1 is 1.26 bits per heavy atom. The van der Waals surface area contributed by atoms with Gasteiger partial charge in [-0.15, -0.1) is 11.3 Å². The Morgan fingerprint density at radius 2 is 2.04 bits per heavy atom. The molecule has 1 unspecified atom stereocenters. The fraction of sp³-hybridized carbons (Fsp3) is 0.350. The van der Waals surface area contributed by atoms with Crippen LogP contribution in [0.25, 0.3) is 0 Å². The van der Waals surface area contributed by atoms with E-state index in [1.165, 1.54) is 16.2 Å². The molecule has 2 aromatic rings. The van der Waals surface area contributed by atoms with Crippen LogP contribution >= 0.6 is 11.3 Å². The molecule has 2 heterocycles.